The summed E-state index contributed by atoms with van der Waals surface area (Å²) in [5.41, 5.74) is 2.49. The van der Waals surface area contributed by atoms with E-state index in [1.54, 1.807) is 6.07 Å². The number of para-hydroxylation sites is 1. The van der Waals surface area contributed by atoms with Crippen LogP contribution in [0.4, 0.5) is 5.69 Å². The summed E-state index contributed by atoms with van der Waals surface area (Å²) in [5, 5.41) is 12.2. The molecule has 1 unspecified atom stereocenters. The van der Waals surface area contributed by atoms with Gasteiger partial charge in [0.25, 0.3) is 0 Å². The van der Waals surface area contributed by atoms with E-state index >= 15 is 0 Å². The van der Waals surface area contributed by atoms with Gasteiger partial charge in [0.15, 0.2) is 0 Å². The summed E-state index contributed by atoms with van der Waals surface area (Å²) < 4.78 is 0. The van der Waals surface area contributed by atoms with Crippen molar-refractivity contribution in [1.29, 1.82) is 0 Å². The van der Waals surface area contributed by atoms with E-state index in [1.807, 2.05) is 32.3 Å². The summed E-state index contributed by atoms with van der Waals surface area (Å²) >= 11 is -0.556. The Labute approximate surface area is 144 Å². The Balaban J connectivity index is 0.000000677. The standard InChI is InChI=1S/C15H18NOP.2ClH.Ti/c1-11-7-6-8-12(16(2)3)15(11)18-14-10-5-4-9-13(14)17;;;/h4-10,17-18H,1-3H3;2*1H;/q;;;+2/p-2. The first kappa shape index (κ1) is 18.8. The summed E-state index contributed by atoms with van der Waals surface area (Å²) in [6, 6.07) is 13.9. The Morgan fingerprint density at radius 3 is 2.24 bits per heavy atom. The Morgan fingerprint density at radius 2 is 1.67 bits per heavy atom. The Bertz CT molecular complexity index is 581. The Kier molecular flexibility index (Phi) is 8.70. The predicted octanol–water partition coefficient (Wildman–Crippen LogP) is 3.77. The predicted molar refractivity (Wildman–Crippen MR) is 92.9 cm³/mol. The van der Waals surface area contributed by atoms with Gasteiger partial charge in [-0.1, -0.05) is 38.9 Å². The van der Waals surface area contributed by atoms with E-state index in [-0.39, 0.29) is 0 Å². The molecule has 0 aromatic heterocycles. The monoisotopic (exact) mass is 377 g/mol. The van der Waals surface area contributed by atoms with Crippen LogP contribution in [-0.2, 0) is 17.0 Å². The number of rotatable bonds is 3. The Morgan fingerprint density at radius 1 is 1.05 bits per heavy atom. The number of benzene rings is 2. The van der Waals surface area contributed by atoms with Crippen LogP contribution in [0.15, 0.2) is 42.5 Å². The van der Waals surface area contributed by atoms with Crippen LogP contribution < -0.4 is 15.5 Å². The molecule has 1 atom stereocenters. The number of hydrogen-bond donors (Lipinski definition) is 1. The van der Waals surface area contributed by atoms with Gasteiger partial charge in [-0.15, -0.1) is 0 Å². The number of phenols is 1. The fourth-order valence-corrected chi connectivity index (χ4v) is 3.28. The fourth-order valence-electron chi connectivity index (χ4n) is 1.90. The van der Waals surface area contributed by atoms with Crippen LogP contribution in [-0.4, -0.2) is 19.2 Å². The van der Waals surface area contributed by atoms with E-state index < -0.39 is 17.0 Å². The van der Waals surface area contributed by atoms with Crippen molar-refractivity contribution in [1.82, 2.24) is 0 Å². The Hall–Kier alpha value is -0.236. The first-order chi connectivity index (χ1) is 10.0. The summed E-state index contributed by atoms with van der Waals surface area (Å²) in [5.74, 6) is 0.379. The maximum atomic E-state index is 9.89. The molecule has 0 bridgehead atoms. The summed E-state index contributed by atoms with van der Waals surface area (Å²) in [6.07, 6.45) is 0. The van der Waals surface area contributed by atoms with Gasteiger partial charge in [-0.05, 0) is 24.6 Å². The normalized spacial score (nSPS) is 10.1. The number of aromatic hydroxyl groups is 1. The summed E-state index contributed by atoms with van der Waals surface area (Å²) in [6.45, 7) is 2.12. The van der Waals surface area contributed by atoms with Crippen molar-refractivity contribution in [2.45, 2.75) is 6.92 Å². The van der Waals surface area contributed by atoms with Crippen LogP contribution in [0.1, 0.15) is 5.56 Å². The minimum atomic E-state index is -0.556. The molecular weight excluding hydrogens is 360 g/mol. The molecule has 2 aromatic carbocycles. The second-order valence-electron chi connectivity index (χ2n) is 4.58. The molecule has 2 aromatic rings. The number of phenolic OH excluding ortho intramolecular Hbond substituents is 1. The van der Waals surface area contributed by atoms with E-state index in [2.05, 4.69) is 30.0 Å². The molecule has 0 saturated carbocycles. The zero-order valence-corrected chi connectivity index (χ0v) is 16.3. The number of anilines is 1. The molecule has 2 rings (SSSR count). The third kappa shape index (κ3) is 5.81. The van der Waals surface area contributed by atoms with Crippen molar-refractivity contribution < 1.29 is 22.1 Å². The maximum absolute atomic E-state index is 9.89. The molecule has 0 fully saturated rings. The molecule has 112 valence electrons. The van der Waals surface area contributed by atoms with Crippen molar-refractivity contribution in [2.75, 3.05) is 19.0 Å². The summed E-state index contributed by atoms with van der Waals surface area (Å²) in [4.78, 5) is 2.12. The van der Waals surface area contributed by atoms with Crippen LogP contribution in [0, 0.1) is 6.92 Å². The van der Waals surface area contributed by atoms with Crippen molar-refractivity contribution >= 4 is 43.5 Å². The molecule has 0 amide bonds. The molecule has 2 nitrogen and oxygen atoms in total. The van der Waals surface area contributed by atoms with Crippen molar-refractivity contribution in [3.63, 3.8) is 0 Å². The zero-order chi connectivity index (χ0) is 15.8. The fraction of sp³-hybridized carbons (Fsp3) is 0.200. The minimum absolute atomic E-state index is 0.379. The third-order valence-electron chi connectivity index (χ3n) is 2.90. The third-order valence-corrected chi connectivity index (χ3v) is 4.49. The van der Waals surface area contributed by atoms with E-state index in [4.69, 9.17) is 18.6 Å². The number of halogens is 2. The van der Waals surface area contributed by atoms with Gasteiger partial charge in [0, 0.05) is 30.4 Å². The van der Waals surface area contributed by atoms with E-state index in [0.29, 0.717) is 14.3 Å². The van der Waals surface area contributed by atoms with Crippen LogP contribution in [0.2, 0.25) is 0 Å². The second-order valence-corrected chi connectivity index (χ2v) is 8.44. The van der Waals surface area contributed by atoms with Crippen LogP contribution in [0.25, 0.3) is 0 Å². The van der Waals surface area contributed by atoms with Crippen LogP contribution in [0.5, 0.6) is 5.75 Å². The van der Waals surface area contributed by atoms with Crippen LogP contribution in [0.3, 0.4) is 0 Å². The van der Waals surface area contributed by atoms with E-state index in [1.165, 1.54) is 16.6 Å². The average Bonchev–Trinajstić information content (AvgIpc) is 2.44. The molecule has 0 heterocycles. The molecule has 0 spiro atoms. The number of aryl methyl sites for hydroxylation is 1. The van der Waals surface area contributed by atoms with Crippen LogP contribution >= 0.6 is 27.2 Å². The van der Waals surface area contributed by atoms with Crippen molar-refractivity contribution in [3.05, 3.63) is 48.0 Å². The van der Waals surface area contributed by atoms with Gasteiger partial charge >= 0.3 is 35.6 Å². The molecule has 0 aliphatic heterocycles. The molecule has 0 aliphatic carbocycles. The van der Waals surface area contributed by atoms with Gasteiger partial charge in [0.05, 0.1) is 0 Å². The summed E-state index contributed by atoms with van der Waals surface area (Å²) in [7, 11) is 14.4. The molecule has 0 saturated heterocycles. The van der Waals surface area contributed by atoms with E-state index in [0.717, 1.165) is 5.30 Å². The SMILES string of the molecule is Cc1cccc(N(C)C)c1Pc1ccccc1O.[Cl][Ti][Cl]. The van der Waals surface area contributed by atoms with E-state index in [9.17, 15) is 5.11 Å². The average molecular weight is 378 g/mol. The first-order valence-corrected chi connectivity index (χ1v) is 11.6. The molecule has 21 heavy (non-hydrogen) atoms. The van der Waals surface area contributed by atoms with Crippen molar-refractivity contribution in [2.24, 2.45) is 0 Å². The van der Waals surface area contributed by atoms with Crippen molar-refractivity contribution in [3.8, 4) is 5.75 Å². The topological polar surface area (TPSA) is 23.5 Å². The first-order valence-electron chi connectivity index (χ1n) is 6.29. The van der Waals surface area contributed by atoms with Gasteiger partial charge in [-0.2, -0.15) is 0 Å². The zero-order valence-electron chi connectivity index (χ0n) is 12.2. The molecule has 0 radical (unpaired) electrons. The quantitative estimate of drug-likeness (QED) is 0.650. The number of hydrogen-bond acceptors (Lipinski definition) is 2. The molecule has 6 heteroatoms. The second kappa shape index (κ2) is 9.71. The van der Waals surface area contributed by atoms with Gasteiger partial charge in [-0.3, -0.25) is 0 Å². The van der Waals surface area contributed by atoms with Gasteiger partial charge < -0.3 is 10.0 Å². The van der Waals surface area contributed by atoms with Gasteiger partial charge in [0.2, 0.25) is 0 Å². The van der Waals surface area contributed by atoms with Gasteiger partial charge in [-0.25, -0.2) is 0 Å². The number of nitrogens with zero attached hydrogens (tertiary/aromatic N) is 1. The molecular formula is C15H18Cl2NOPTi. The molecule has 1 N–H and O–H groups in total. The molecule has 0 aliphatic rings. The van der Waals surface area contributed by atoms with Gasteiger partial charge in [0.1, 0.15) is 5.75 Å².